The molecule has 104 valence electrons. The van der Waals surface area contributed by atoms with Crippen molar-refractivity contribution in [1.29, 1.82) is 0 Å². The first-order valence-electron chi connectivity index (χ1n) is 2.36. The monoisotopic (exact) mass is 496 g/mol. The fourth-order valence-electron chi connectivity index (χ4n) is 0. The Labute approximate surface area is 145 Å². The van der Waals surface area contributed by atoms with Crippen LogP contribution in [0.4, 0.5) is 0 Å². The third-order valence-electron chi connectivity index (χ3n) is 0. The van der Waals surface area contributed by atoms with Gasteiger partial charge in [0, 0.05) is 0 Å². The molecule has 0 unspecified atom stereocenters. The first-order valence-corrected chi connectivity index (χ1v) is 7.07. The van der Waals surface area contributed by atoms with E-state index < -0.39 is 24.7 Å². The molecule has 0 amide bonds. The maximum Gasteiger partial charge on any atom is 2.00 e. The summed E-state index contributed by atoms with van der Waals surface area (Å²) in [6.07, 6.45) is 0. The molecular formula is H6O13P2SiZn3. The van der Waals surface area contributed by atoms with Crippen LogP contribution in [0.1, 0.15) is 0 Å². The second kappa shape index (κ2) is 18.2. The Morgan fingerprint density at radius 3 is 0.632 bits per heavy atom. The molecule has 0 saturated heterocycles. The average molecular weight is 500 g/mol. The summed E-state index contributed by atoms with van der Waals surface area (Å²) in [4.78, 5) is 80.6. The molecule has 13 nitrogen and oxygen atoms in total. The molecule has 0 saturated carbocycles. The minimum atomic E-state index is -5.39. The van der Waals surface area contributed by atoms with Gasteiger partial charge in [-0.15, -0.1) is 0 Å². The van der Waals surface area contributed by atoms with Crippen LogP contribution >= 0.6 is 15.6 Å². The van der Waals surface area contributed by atoms with E-state index in [0.717, 1.165) is 0 Å². The van der Waals surface area contributed by atoms with Crippen LogP contribution in [-0.4, -0.2) is 33.7 Å². The van der Waals surface area contributed by atoms with Gasteiger partial charge in [-0.05, 0) is 0 Å². The zero-order valence-electron chi connectivity index (χ0n) is 9.07. The van der Waals surface area contributed by atoms with Crippen LogP contribution in [0.2, 0.25) is 0 Å². The zero-order chi connectivity index (χ0) is 13.5. The quantitative estimate of drug-likeness (QED) is 0.178. The van der Waals surface area contributed by atoms with E-state index in [1.54, 1.807) is 0 Å². The first-order chi connectivity index (χ1) is 6.00. The summed E-state index contributed by atoms with van der Waals surface area (Å²) < 4.78 is 17.1. The van der Waals surface area contributed by atoms with Gasteiger partial charge in [0.15, 0.2) is 0 Å². The molecule has 19 heteroatoms. The third-order valence-corrected chi connectivity index (χ3v) is 0. The van der Waals surface area contributed by atoms with E-state index >= 15 is 0 Å². The Balaban J connectivity index is -0.0000000206. The van der Waals surface area contributed by atoms with Crippen molar-refractivity contribution in [2.24, 2.45) is 0 Å². The van der Waals surface area contributed by atoms with Crippen molar-refractivity contribution in [2.75, 3.05) is 0 Å². The summed E-state index contributed by atoms with van der Waals surface area (Å²) in [6, 6.07) is 0. The van der Waals surface area contributed by atoms with Gasteiger partial charge in [0.25, 0.3) is 0 Å². The molecule has 0 spiro atoms. The molecule has 0 aromatic carbocycles. The summed E-state index contributed by atoms with van der Waals surface area (Å²) in [7, 11) is -15.4. The Morgan fingerprint density at radius 2 is 0.632 bits per heavy atom. The van der Waals surface area contributed by atoms with E-state index in [0.29, 0.717) is 0 Å². The second-order valence-corrected chi connectivity index (χ2v) is 4.48. The minimum Gasteiger partial charge on any atom is -0.822 e. The summed E-state index contributed by atoms with van der Waals surface area (Å²) in [5.41, 5.74) is 0. The van der Waals surface area contributed by atoms with Gasteiger partial charge in [0.05, 0.1) is 0 Å². The topological polar surface area (TPSA) is 285 Å². The van der Waals surface area contributed by atoms with Crippen molar-refractivity contribution < 1.29 is 122 Å². The van der Waals surface area contributed by atoms with Crippen molar-refractivity contribution in [3.05, 3.63) is 0 Å². The van der Waals surface area contributed by atoms with Crippen LogP contribution < -0.4 is 29.4 Å². The van der Waals surface area contributed by atoms with Gasteiger partial charge in [-0.1, -0.05) is 0 Å². The molecular weight excluding hydrogens is 494 g/mol. The Bertz CT molecular complexity index is 194. The van der Waals surface area contributed by atoms with E-state index in [2.05, 4.69) is 0 Å². The molecule has 6 N–H and O–H groups in total. The van der Waals surface area contributed by atoms with Gasteiger partial charge < -0.3 is 63.1 Å². The molecule has 0 aromatic rings. The summed E-state index contributed by atoms with van der Waals surface area (Å²) in [5, 5.41) is 0. The molecule has 0 atom stereocenters. The fourth-order valence-corrected chi connectivity index (χ4v) is 0. The van der Waals surface area contributed by atoms with Crippen molar-refractivity contribution >= 4 is 24.7 Å². The van der Waals surface area contributed by atoms with Crippen molar-refractivity contribution in [3.63, 3.8) is 0 Å². The largest absolute Gasteiger partial charge is 2.00 e. The number of rotatable bonds is 0. The summed E-state index contributed by atoms with van der Waals surface area (Å²) >= 11 is 0. The average Bonchev–Trinajstić information content (AvgIpc) is 1.41. The number of hydrogen-bond donors (Lipinski definition) is 4. The maximum absolute atomic E-state index is 8.55. The zero-order valence-corrected chi connectivity index (χ0v) is 20.8. The van der Waals surface area contributed by atoms with E-state index in [1.165, 1.54) is 0 Å². The molecule has 0 radical (unpaired) electrons. The van der Waals surface area contributed by atoms with Crippen LogP contribution in [-0.2, 0) is 67.6 Å². The van der Waals surface area contributed by atoms with Crippen molar-refractivity contribution in [2.45, 2.75) is 0 Å². The Kier molecular flexibility index (Phi) is 41.0. The van der Waals surface area contributed by atoms with Gasteiger partial charge in [-0.3, -0.25) is 0 Å². The Morgan fingerprint density at radius 1 is 0.632 bits per heavy atom. The number of hydrogen-bond acceptors (Lipinski definition) is 12. The molecule has 0 aliphatic rings. The van der Waals surface area contributed by atoms with Gasteiger partial charge in [0.2, 0.25) is 0 Å². The molecule has 0 aromatic heterocycles. The van der Waals surface area contributed by atoms with Gasteiger partial charge in [0.1, 0.15) is 0 Å². The molecule has 19 heavy (non-hydrogen) atoms. The molecule has 0 aliphatic carbocycles. The fraction of sp³-hybridized carbons (Fsp3) is 0. The Hall–Kier alpha value is 2.11. The standard InChI is InChI=1S/2H3O4P.H4O4Si.H2O.3Zn/c3*1-5(2,3)4;;;;/h2*(H3,1,2,3,4);1-4H;1H2;;;/q;;;;3*+2/p-6. The first kappa shape index (κ1) is 42.9. The minimum absolute atomic E-state index is 0. The van der Waals surface area contributed by atoms with Gasteiger partial charge in [-0.2, -0.15) is 15.6 Å². The van der Waals surface area contributed by atoms with Crippen molar-refractivity contribution in [3.8, 4) is 0 Å². The SMILES string of the molecule is O.O=P([O-])([O-])[O-].O=P([O-])([O-])[O-].O[Si](O)(O)O.[Zn+2].[Zn+2].[Zn+2]. The van der Waals surface area contributed by atoms with Gasteiger partial charge >= 0.3 is 67.5 Å². The van der Waals surface area contributed by atoms with Crippen LogP contribution in [0.15, 0.2) is 0 Å². The second-order valence-electron chi connectivity index (χ2n) is 1.49. The molecule has 0 bridgehead atoms. The third kappa shape index (κ3) is 1480. The molecule has 0 heterocycles. The normalized spacial score (nSPS) is 9.37. The summed E-state index contributed by atoms with van der Waals surface area (Å²) in [6.45, 7) is 0. The predicted octanol–water partition coefficient (Wildman–Crippen LogP) is -9.09. The maximum atomic E-state index is 8.55. The van der Waals surface area contributed by atoms with E-state index in [4.69, 9.17) is 57.7 Å². The van der Waals surface area contributed by atoms with E-state index in [9.17, 15) is 0 Å². The molecule has 0 rings (SSSR count). The van der Waals surface area contributed by atoms with Crippen molar-refractivity contribution in [1.82, 2.24) is 0 Å². The smallest absolute Gasteiger partial charge is 0.822 e. The van der Waals surface area contributed by atoms with E-state index in [1.807, 2.05) is 0 Å². The predicted molar refractivity (Wildman–Crippen MR) is 33.5 cm³/mol. The van der Waals surface area contributed by atoms with Crippen LogP contribution in [0, 0.1) is 0 Å². The van der Waals surface area contributed by atoms with Crippen LogP contribution in [0.25, 0.3) is 0 Å². The number of phosphoric acid groups is 2. The molecule has 0 aliphatic heterocycles. The van der Waals surface area contributed by atoms with Crippen LogP contribution in [0.3, 0.4) is 0 Å². The van der Waals surface area contributed by atoms with E-state index in [-0.39, 0.29) is 63.9 Å². The van der Waals surface area contributed by atoms with Gasteiger partial charge in [-0.25, -0.2) is 0 Å². The molecule has 0 fully saturated rings. The summed E-state index contributed by atoms with van der Waals surface area (Å²) in [5.74, 6) is 0. The van der Waals surface area contributed by atoms with Crippen LogP contribution in [0.5, 0.6) is 0 Å².